The number of nitrogens with one attached hydrogen (secondary N) is 2. The minimum Gasteiger partial charge on any atom is -0.354 e. The van der Waals surface area contributed by atoms with Gasteiger partial charge in [-0.05, 0) is 86.3 Å². The highest BCUT2D eigenvalue weighted by Gasteiger charge is 2.25. The lowest BCUT2D eigenvalue weighted by molar-refractivity contribution is -0.121. The van der Waals surface area contributed by atoms with Crippen molar-refractivity contribution >= 4 is 27.3 Å². The number of rotatable bonds is 9. The van der Waals surface area contributed by atoms with Crippen molar-refractivity contribution in [2.24, 2.45) is 0 Å². The number of carbonyl (C=O) groups excluding carboxylic acids is 1. The van der Waals surface area contributed by atoms with Crippen LogP contribution in [0.4, 0.5) is 0 Å². The average molecular weight is 462 g/mol. The minimum absolute atomic E-state index is 0.0959. The summed E-state index contributed by atoms with van der Waals surface area (Å²) in [7, 11) is -3.61. The third-order valence-electron chi connectivity index (χ3n) is 6.22. The average Bonchev–Trinajstić information content (AvgIpc) is 3.48. The van der Waals surface area contributed by atoms with Gasteiger partial charge < -0.3 is 5.32 Å². The van der Waals surface area contributed by atoms with Crippen molar-refractivity contribution in [1.29, 1.82) is 0 Å². The Morgan fingerprint density at radius 2 is 1.84 bits per heavy atom. The normalized spacial score (nSPS) is 17.9. The summed E-state index contributed by atoms with van der Waals surface area (Å²) in [6.07, 6.45) is 6.74. The van der Waals surface area contributed by atoms with Crippen LogP contribution in [0, 0.1) is 0 Å². The number of benzene rings is 1. The van der Waals surface area contributed by atoms with Crippen LogP contribution in [0.3, 0.4) is 0 Å². The van der Waals surface area contributed by atoms with Crippen molar-refractivity contribution in [3.63, 3.8) is 0 Å². The molecule has 168 valence electrons. The van der Waals surface area contributed by atoms with Crippen molar-refractivity contribution in [2.45, 2.75) is 55.9 Å². The summed E-state index contributed by atoms with van der Waals surface area (Å²) in [4.78, 5) is 16.4. The summed E-state index contributed by atoms with van der Waals surface area (Å²) in [6, 6.07) is 9.75. The van der Waals surface area contributed by atoms with E-state index in [2.05, 4.69) is 26.4 Å². The van der Waals surface area contributed by atoms with E-state index in [-0.39, 0.29) is 24.9 Å². The molecule has 1 aromatic carbocycles. The highest BCUT2D eigenvalue weighted by Crippen LogP contribution is 2.28. The molecule has 1 aromatic heterocycles. The number of hydrogen-bond acceptors (Lipinski definition) is 5. The summed E-state index contributed by atoms with van der Waals surface area (Å²) >= 11 is 1.71. The van der Waals surface area contributed by atoms with Crippen LogP contribution in [0.25, 0.3) is 0 Å². The molecular formula is C23H31N3O3S2. The maximum absolute atomic E-state index is 12.6. The van der Waals surface area contributed by atoms with Crippen LogP contribution in [0.5, 0.6) is 0 Å². The molecule has 1 amide bonds. The van der Waals surface area contributed by atoms with Gasteiger partial charge in [-0.2, -0.15) is 0 Å². The number of amides is 1. The summed E-state index contributed by atoms with van der Waals surface area (Å²) in [5.41, 5.74) is 2.39. The smallest absolute Gasteiger partial charge is 0.240 e. The second kappa shape index (κ2) is 10.3. The molecule has 4 rings (SSSR count). The Bertz CT molecular complexity index is 984. The quantitative estimate of drug-likeness (QED) is 0.601. The zero-order valence-corrected chi connectivity index (χ0v) is 19.4. The number of hydrogen-bond donors (Lipinski definition) is 2. The van der Waals surface area contributed by atoms with Gasteiger partial charge in [0.1, 0.15) is 0 Å². The summed E-state index contributed by atoms with van der Waals surface area (Å²) in [6.45, 7) is 2.76. The molecule has 2 aromatic rings. The number of sulfonamides is 1. The van der Waals surface area contributed by atoms with Crippen LogP contribution < -0.4 is 10.0 Å². The first kappa shape index (κ1) is 22.5. The lowest BCUT2D eigenvalue weighted by atomic mass is 9.92. The zero-order valence-electron chi connectivity index (χ0n) is 17.8. The Hall–Kier alpha value is -1.74. The van der Waals surface area contributed by atoms with E-state index in [0.29, 0.717) is 11.4 Å². The highest BCUT2D eigenvalue weighted by atomic mass is 32.2. The fourth-order valence-corrected chi connectivity index (χ4v) is 6.44. The predicted molar refractivity (Wildman–Crippen MR) is 124 cm³/mol. The second-order valence-electron chi connectivity index (χ2n) is 8.36. The van der Waals surface area contributed by atoms with E-state index >= 15 is 0 Å². The maximum Gasteiger partial charge on any atom is 0.240 e. The third kappa shape index (κ3) is 5.74. The SMILES string of the molecule is O=C(CCNS(=O)(=O)c1ccc2c(c1)CCCC2)NCC(c1cccs1)N1CCCC1. The molecule has 2 aliphatic rings. The molecule has 31 heavy (non-hydrogen) atoms. The molecule has 1 aliphatic carbocycles. The van der Waals surface area contributed by atoms with Crippen LogP contribution in [0.15, 0.2) is 40.6 Å². The zero-order chi connectivity index (χ0) is 21.7. The summed E-state index contributed by atoms with van der Waals surface area (Å²) in [5.74, 6) is -0.131. The van der Waals surface area contributed by atoms with Crippen molar-refractivity contribution in [3.8, 4) is 0 Å². The largest absolute Gasteiger partial charge is 0.354 e. The van der Waals surface area contributed by atoms with Gasteiger partial charge in [0.2, 0.25) is 15.9 Å². The van der Waals surface area contributed by atoms with Crippen LogP contribution in [-0.2, 0) is 27.7 Å². The van der Waals surface area contributed by atoms with E-state index in [1.807, 2.05) is 12.1 Å². The van der Waals surface area contributed by atoms with Crippen LogP contribution in [0.1, 0.15) is 54.1 Å². The fourth-order valence-electron chi connectivity index (χ4n) is 4.50. The lowest BCUT2D eigenvalue weighted by Gasteiger charge is -2.27. The molecule has 2 heterocycles. The minimum atomic E-state index is -3.61. The molecule has 8 heteroatoms. The van der Waals surface area contributed by atoms with E-state index in [4.69, 9.17) is 0 Å². The van der Waals surface area contributed by atoms with Gasteiger partial charge in [-0.1, -0.05) is 12.1 Å². The van der Waals surface area contributed by atoms with E-state index < -0.39 is 10.0 Å². The summed E-state index contributed by atoms with van der Waals surface area (Å²) < 4.78 is 27.9. The number of likely N-dealkylation sites (tertiary alicyclic amines) is 1. The lowest BCUT2D eigenvalue weighted by Crippen LogP contribution is -2.37. The first-order valence-corrected chi connectivity index (χ1v) is 13.5. The predicted octanol–water partition coefficient (Wildman–Crippen LogP) is 3.25. The molecule has 2 N–H and O–H groups in total. The molecule has 1 fully saturated rings. The standard InChI is InChI=1S/C23H31N3O3S2/c27-23(24-17-21(22-8-5-15-30-22)26-13-3-4-14-26)11-12-25-31(28,29)20-10-9-18-6-1-2-7-19(18)16-20/h5,8-10,15-16,21,25H,1-4,6-7,11-14,17H2,(H,24,27). The molecule has 6 nitrogen and oxygen atoms in total. The van der Waals surface area contributed by atoms with Gasteiger partial charge in [-0.15, -0.1) is 11.3 Å². The van der Waals surface area contributed by atoms with Gasteiger partial charge in [0.15, 0.2) is 0 Å². The number of thiophene rings is 1. The van der Waals surface area contributed by atoms with Gasteiger partial charge in [-0.3, -0.25) is 9.69 Å². The van der Waals surface area contributed by atoms with Gasteiger partial charge in [0.05, 0.1) is 10.9 Å². The Labute approximate surface area is 189 Å². The molecule has 0 saturated carbocycles. The van der Waals surface area contributed by atoms with Crippen molar-refractivity contribution in [1.82, 2.24) is 14.9 Å². The first-order valence-electron chi connectivity index (χ1n) is 11.2. The van der Waals surface area contributed by atoms with Crippen LogP contribution in [0.2, 0.25) is 0 Å². The number of nitrogens with zero attached hydrogens (tertiary/aromatic N) is 1. The van der Waals surface area contributed by atoms with Crippen molar-refractivity contribution in [2.75, 3.05) is 26.2 Å². The Balaban J connectivity index is 1.27. The summed E-state index contributed by atoms with van der Waals surface area (Å²) in [5, 5.41) is 5.07. The van der Waals surface area contributed by atoms with E-state index in [1.54, 1.807) is 23.5 Å². The molecule has 0 bridgehead atoms. The number of aryl methyl sites for hydroxylation is 2. The van der Waals surface area contributed by atoms with E-state index in [0.717, 1.165) is 44.3 Å². The second-order valence-corrected chi connectivity index (χ2v) is 11.1. The Morgan fingerprint density at radius 3 is 2.58 bits per heavy atom. The van der Waals surface area contributed by atoms with E-state index in [9.17, 15) is 13.2 Å². The molecule has 1 atom stereocenters. The molecule has 1 unspecified atom stereocenters. The highest BCUT2D eigenvalue weighted by molar-refractivity contribution is 7.89. The first-order chi connectivity index (χ1) is 15.0. The maximum atomic E-state index is 12.6. The van der Waals surface area contributed by atoms with Gasteiger partial charge in [0.25, 0.3) is 0 Å². The molecule has 1 saturated heterocycles. The molecule has 1 aliphatic heterocycles. The van der Waals surface area contributed by atoms with Crippen molar-refractivity contribution in [3.05, 3.63) is 51.7 Å². The molecular weight excluding hydrogens is 430 g/mol. The molecule has 0 spiro atoms. The Kier molecular flexibility index (Phi) is 7.43. The van der Waals surface area contributed by atoms with Crippen molar-refractivity contribution < 1.29 is 13.2 Å². The van der Waals surface area contributed by atoms with Gasteiger partial charge >= 0.3 is 0 Å². The van der Waals surface area contributed by atoms with Crippen LogP contribution >= 0.6 is 11.3 Å². The number of fused-ring (bicyclic) bond motifs is 1. The fraction of sp³-hybridized carbons (Fsp3) is 0.522. The topological polar surface area (TPSA) is 78.5 Å². The van der Waals surface area contributed by atoms with Crippen LogP contribution in [-0.4, -0.2) is 45.4 Å². The molecule has 0 radical (unpaired) electrons. The Morgan fingerprint density at radius 1 is 1.06 bits per heavy atom. The van der Waals surface area contributed by atoms with E-state index in [1.165, 1.54) is 23.3 Å². The van der Waals surface area contributed by atoms with Gasteiger partial charge in [-0.25, -0.2) is 13.1 Å². The monoisotopic (exact) mass is 461 g/mol. The van der Waals surface area contributed by atoms with Gasteiger partial charge in [0, 0.05) is 24.4 Å². The number of carbonyl (C=O) groups is 1. The third-order valence-corrected chi connectivity index (χ3v) is 8.65.